The lowest BCUT2D eigenvalue weighted by atomic mass is 10.1. The van der Waals surface area contributed by atoms with E-state index < -0.39 is 0 Å². The second-order valence-corrected chi connectivity index (χ2v) is 6.72. The minimum Gasteiger partial charge on any atom is -0.372 e. The van der Waals surface area contributed by atoms with E-state index in [-0.39, 0.29) is 18.1 Å². The molecule has 116 valence electrons. The number of thiophene rings is 1. The normalized spacial score (nSPS) is 21.9. The minimum atomic E-state index is 0.0460. The van der Waals surface area contributed by atoms with Crippen molar-refractivity contribution >= 4 is 17.2 Å². The van der Waals surface area contributed by atoms with Crippen molar-refractivity contribution in [2.75, 3.05) is 13.1 Å². The molecule has 5 heteroatoms. The molecule has 0 aromatic carbocycles. The van der Waals surface area contributed by atoms with Crippen molar-refractivity contribution in [2.24, 2.45) is 0 Å². The highest BCUT2D eigenvalue weighted by Crippen LogP contribution is 2.24. The van der Waals surface area contributed by atoms with Gasteiger partial charge in [-0.2, -0.15) is 0 Å². The molecule has 1 saturated heterocycles. The number of carbonyl (C=O) groups is 1. The third-order valence-corrected chi connectivity index (χ3v) is 4.69. The van der Waals surface area contributed by atoms with Crippen LogP contribution in [0.15, 0.2) is 29.6 Å². The van der Waals surface area contributed by atoms with E-state index in [1.165, 1.54) is 0 Å². The van der Waals surface area contributed by atoms with Crippen LogP contribution in [0.1, 0.15) is 29.9 Å². The van der Waals surface area contributed by atoms with Crippen molar-refractivity contribution in [3.63, 3.8) is 0 Å². The van der Waals surface area contributed by atoms with Crippen LogP contribution in [0.5, 0.6) is 0 Å². The number of aromatic nitrogens is 1. The van der Waals surface area contributed by atoms with Gasteiger partial charge in [-0.3, -0.25) is 9.78 Å². The Labute approximate surface area is 134 Å². The summed E-state index contributed by atoms with van der Waals surface area (Å²) in [5.74, 6) is 0.0460. The highest BCUT2D eigenvalue weighted by Gasteiger charge is 2.27. The van der Waals surface area contributed by atoms with Gasteiger partial charge in [0.15, 0.2) is 0 Å². The summed E-state index contributed by atoms with van der Waals surface area (Å²) >= 11 is 1.65. The molecule has 0 unspecified atom stereocenters. The third-order valence-electron chi connectivity index (χ3n) is 3.80. The first kappa shape index (κ1) is 15.2. The summed E-state index contributed by atoms with van der Waals surface area (Å²) in [5.41, 5.74) is 2.39. The monoisotopic (exact) mass is 316 g/mol. The molecule has 0 radical (unpaired) electrons. The maximum atomic E-state index is 12.7. The van der Waals surface area contributed by atoms with Crippen LogP contribution in [0, 0.1) is 6.92 Å². The van der Waals surface area contributed by atoms with Crippen LogP contribution in [-0.2, 0) is 4.74 Å². The summed E-state index contributed by atoms with van der Waals surface area (Å²) in [7, 11) is 0. The van der Waals surface area contributed by atoms with E-state index in [1.54, 1.807) is 11.3 Å². The molecule has 2 aromatic heterocycles. The summed E-state index contributed by atoms with van der Waals surface area (Å²) in [4.78, 5) is 20.3. The molecule has 0 N–H and O–H groups in total. The molecule has 0 spiro atoms. The molecule has 1 aliphatic rings. The summed E-state index contributed by atoms with van der Waals surface area (Å²) in [6.07, 6.45) is 0.151. The number of hydrogen-bond donors (Lipinski definition) is 0. The molecule has 1 aliphatic heterocycles. The predicted octanol–water partition coefficient (Wildman–Crippen LogP) is 3.37. The fourth-order valence-electron chi connectivity index (χ4n) is 2.86. The highest BCUT2D eigenvalue weighted by molar-refractivity contribution is 7.13. The van der Waals surface area contributed by atoms with Crippen LogP contribution >= 0.6 is 11.3 Å². The molecule has 2 aromatic rings. The molecule has 1 amide bonds. The van der Waals surface area contributed by atoms with Gasteiger partial charge < -0.3 is 9.64 Å². The average molecular weight is 316 g/mol. The van der Waals surface area contributed by atoms with Gasteiger partial charge in [-0.1, -0.05) is 6.07 Å². The van der Waals surface area contributed by atoms with Gasteiger partial charge in [0.25, 0.3) is 5.91 Å². The zero-order chi connectivity index (χ0) is 15.7. The second-order valence-electron chi connectivity index (χ2n) is 5.77. The van der Waals surface area contributed by atoms with Crippen molar-refractivity contribution in [2.45, 2.75) is 33.0 Å². The number of amides is 1. The van der Waals surface area contributed by atoms with Crippen molar-refractivity contribution in [3.05, 3.63) is 40.9 Å². The largest absolute Gasteiger partial charge is 0.372 e. The smallest absolute Gasteiger partial charge is 0.255 e. The number of morpholine rings is 1. The number of ether oxygens (including phenoxy) is 1. The van der Waals surface area contributed by atoms with Gasteiger partial charge in [0.2, 0.25) is 0 Å². The Morgan fingerprint density at radius 1 is 1.27 bits per heavy atom. The van der Waals surface area contributed by atoms with E-state index in [0.717, 1.165) is 16.3 Å². The second kappa shape index (κ2) is 6.18. The van der Waals surface area contributed by atoms with Crippen LogP contribution in [0.2, 0.25) is 0 Å². The molecule has 2 atom stereocenters. The minimum absolute atomic E-state index is 0.0460. The quantitative estimate of drug-likeness (QED) is 0.853. The van der Waals surface area contributed by atoms with Gasteiger partial charge in [0, 0.05) is 13.1 Å². The zero-order valence-electron chi connectivity index (χ0n) is 13.1. The molecule has 1 fully saturated rings. The Morgan fingerprint density at radius 3 is 2.59 bits per heavy atom. The van der Waals surface area contributed by atoms with E-state index in [1.807, 2.05) is 55.3 Å². The number of pyridine rings is 1. The first-order valence-electron chi connectivity index (χ1n) is 7.51. The fourth-order valence-corrected chi connectivity index (χ4v) is 3.56. The van der Waals surface area contributed by atoms with Crippen LogP contribution < -0.4 is 0 Å². The number of rotatable bonds is 2. The van der Waals surface area contributed by atoms with Crippen molar-refractivity contribution in [1.29, 1.82) is 0 Å². The summed E-state index contributed by atoms with van der Waals surface area (Å²) in [6.45, 7) is 7.17. The summed E-state index contributed by atoms with van der Waals surface area (Å²) < 4.78 is 5.69. The SMILES string of the molecule is Cc1nc(-c2cccs2)ccc1C(=O)N1C[C@H](C)O[C@@H](C)C1. The van der Waals surface area contributed by atoms with E-state index in [9.17, 15) is 4.79 Å². The number of carbonyl (C=O) groups excluding carboxylic acids is 1. The Hall–Kier alpha value is -1.72. The number of nitrogens with zero attached hydrogens (tertiary/aromatic N) is 2. The van der Waals surface area contributed by atoms with Crippen LogP contribution in [0.25, 0.3) is 10.6 Å². The standard InChI is InChI=1S/C17H20N2O2S/c1-11-9-19(10-12(2)21-11)17(20)14-6-7-15(18-13(14)3)16-5-4-8-22-16/h4-8,11-12H,9-10H2,1-3H3/t11-,12-/m0/s1. The molecule has 22 heavy (non-hydrogen) atoms. The Balaban J connectivity index is 1.84. The lowest BCUT2D eigenvalue weighted by molar-refractivity contribution is -0.0586. The Morgan fingerprint density at radius 2 is 2.00 bits per heavy atom. The van der Waals surface area contributed by atoms with E-state index in [4.69, 9.17) is 4.74 Å². The van der Waals surface area contributed by atoms with Gasteiger partial charge in [-0.25, -0.2) is 0 Å². The molecular formula is C17H20N2O2S. The highest BCUT2D eigenvalue weighted by atomic mass is 32.1. The van der Waals surface area contributed by atoms with Gasteiger partial charge in [0.1, 0.15) is 0 Å². The molecule has 4 nitrogen and oxygen atoms in total. The molecule has 0 aliphatic carbocycles. The number of aryl methyl sites for hydroxylation is 1. The number of hydrogen-bond acceptors (Lipinski definition) is 4. The van der Waals surface area contributed by atoms with Crippen molar-refractivity contribution in [3.8, 4) is 10.6 Å². The van der Waals surface area contributed by atoms with Crippen molar-refractivity contribution in [1.82, 2.24) is 9.88 Å². The summed E-state index contributed by atoms with van der Waals surface area (Å²) in [6, 6.07) is 7.87. The average Bonchev–Trinajstić information content (AvgIpc) is 2.99. The third kappa shape index (κ3) is 3.05. The molecule has 3 rings (SSSR count). The van der Waals surface area contributed by atoms with E-state index in [0.29, 0.717) is 18.7 Å². The lowest BCUT2D eigenvalue weighted by Gasteiger charge is -2.35. The van der Waals surface area contributed by atoms with Crippen LogP contribution in [0.4, 0.5) is 0 Å². The van der Waals surface area contributed by atoms with Gasteiger partial charge in [-0.15, -0.1) is 11.3 Å². The van der Waals surface area contributed by atoms with Crippen LogP contribution in [-0.4, -0.2) is 41.1 Å². The fraction of sp³-hybridized carbons (Fsp3) is 0.412. The van der Waals surface area contributed by atoms with Gasteiger partial charge in [-0.05, 0) is 44.4 Å². The van der Waals surface area contributed by atoms with E-state index >= 15 is 0 Å². The molecule has 0 saturated carbocycles. The maximum absolute atomic E-state index is 12.7. The van der Waals surface area contributed by atoms with Crippen molar-refractivity contribution < 1.29 is 9.53 Å². The molecule has 3 heterocycles. The Kier molecular flexibility index (Phi) is 4.27. The first-order valence-corrected chi connectivity index (χ1v) is 8.39. The maximum Gasteiger partial charge on any atom is 0.255 e. The van der Waals surface area contributed by atoms with Crippen LogP contribution in [0.3, 0.4) is 0 Å². The van der Waals surface area contributed by atoms with Gasteiger partial charge >= 0.3 is 0 Å². The Bertz CT molecular complexity index is 659. The first-order chi connectivity index (χ1) is 10.5. The molecule has 0 bridgehead atoms. The predicted molar refractivity (Wildman–Crippen MR) is 88.2 cm³/mol. The lowest BCUT2D eigenvalue weighted by Crippen LogP contribution is -2.48. The summed E-state index contributed by atoms with van der Waals surface area (Å²) in [5, 5.41) is 2.03. The van der Waals surface area contributed by atoms with Gasteiger partial charge in [0.05, 0.1) is 34.0 Å². The molecular weight excluding hydrogens is 296 g/mol. The zero-order valence-corrected chi connectivity index (χ0v) is 13.9. The topological polar surface area (TPSA) is 42.4 Å². The van der Waals surface area contributed by atoms with E-state index in [2.05, 4.69) is 4.98 Å².